The third kappa shape index (κ3) is 5.57. The number of ether oxygens (including phenoxy) is 11. The number of allylic oxidation sites excluding steroid dienone is 1. The van der Waals surface area contributed by atoms with Crippen molar-refractivity contribution < 1.29 is 66.8 Å². The zero-order valence-electron chi connectivity index (χ0n) is 24.1. The Kier molecular flexibility index (Phi) is 10.2. The number of carbonyl (C=O) groups is 2. The van der Waals surface area contributed by atoms with Gasteiger partial charge in [-0.05, 0) is 12.1 Å². The van der Waals surface area contributed by atoms with Crippen molar-refractivity contribution in [3.05, 3.63) is 52.2 Å². The molecule has 42 heavy (non-hydrogen) atoms. The van der Waals surface area contributed by atoms with Gasteiger partial charge in [0, 0.05) is 51.4 Å². The van der Waals surface area contributed by atoms with Crippen molar-refractivity contribution in [3.63, 3.8) is 0 Å². The zero-order chi connectivity index (χ0) is 30.4. The summed E-state index contributed by atoms with van der Waals surface area (Å²) in [6.07, 6.45) is 0.382. The fraction of sp³-hybridized carbons (Fsp3) is 0.500. The molecule has 0 spiro atoms. The van der Waals surface area contributed by atoms with Gasteiger partial charge < -0.3 is 57.2 Å². The van der Waals surface area contributed by atoms with Crippen LogP contribution in [0.5, 0.6) is 17.2 Å². The standard InChI is InChI=1S/C28H34O14/c1-32-10-38-17-8-7-14-18-19-15(9-16(27(30)36-5)20(18)28(31)37-6)21(29)25(40-12-34-3)26(41-13-35-4)24(19)42-22(14)23(17)39-11-33-2/h7-9,18-20,24,29H,10-13H2,1-6H3/t18-,19-,20-,24+/m1/s1. The van der Waals surface area contributed by atoms with Crippen LogP contribution in [0.4, 0.5) is 0 Å². The second-order valence-corrected chi connectivity index (χ2v) is 9.19. The monoisotopic (exact) mass is 594 g/mol. The molecular weight excluding hydrogens is 560 g/mol. The summed E-state index contributed by atoms with van der Waals surface area (Å²) >= 11 is 0. The van der Waals surface area contributed by atoms with Crippen LogP contribution in [0.3, 0.4) is 0 Å². The van der Waals surface area contributed by atoms with Gasteiger partial charge in [0.2, 0.25) is 11.5 Å². The van der Waals surface area contributed by atoms with E-state index in [1.165, 1.54) is 48.7 Å². The maximum absolute atomic E-state index is 13.4. The van der Waals surface area contributed by atoms with Gasteiger partial charge in [-0.1, -0.05) is 6.07 Å². The molecule has 1 heterocycles. The lowest BCUT2D eigenvalue weighted by Crippen LogP contribution is -2.49. The van der Waals surface area contributed by atoms with E-state index in [1.54, 1.807) is 12.1 Å². The molecule has 0 aromatic heterocycles. The Morgan fingerprint density at radius 2 is 1.45 bits per heavy atom. The normalized spacial score (nSPS) is 22.3. The Balaban J connectivity index is 2.06. The predicted octanol–water partition coefficient (Wildman–Crippen LogP) is 2.29. The van der Waals surface area contributed by atoms with Gasteiger partial charge in [-0.15, -0.1) is 0 Å². The lowest BCUT2D eigenvalue weighted by molar-refractivity contribution is -0.149. The molecule has 0 fully saturated rings. The van der Waals surface area contributed by atoms with E-state index >= 15 is 0 Å². The summed E-state index contributed by atoms with van der Waals surface area (Å²) in [7, 11) is 8.16. The lowest BCUT2D eigenvalue weighted by atomic mass is 9.61. The second-order valence-electron chi connectivity index (χ2n) is 9.19. The van der Waals surface area contributed by atoms with Crippen LogP contribution in [0.15, 0.2) is 46.6 Å². The fourth-order valence-electron chi connectivity index (χ4n) is 5.36. The number of carbonyl (C=O) groups excluding carboxylic acids is 2. The maximum atomic E-state index is 13.4. The quantitative estimate of drug-likeness (QED) is 0.247. The van der Waals surface area contributed by atoms with Gasteiger partial charge in [-0.25, -0.2) is 4.79 Å². The largest absolute Gasteiger partial charge is 0.504 e. The molecule has 4 rings (SSSR count). The highest BCUT2D eigenvalue weighted by Crippen LogP contribution is 2.59. The van der Waals surface area contributed by atoms with Crippen LogP contribution in [0, 0.1) is 11.8 Å². The van der Waals surface area contributed by atoms with E-state index in [1.807, 2.05) is 0 Å². The average molecular weight is 595 g/mol. The first-order valence-electron chi connectivity index (χ1n) is 12.7. The minimum absolute atomic E-state index is 0.0369. The van der Waals surface area contributed by atoms with Crippen molar-refractivity contribution in [2.24, 2.45) is 11.8 Å². The molecule has 0 radical (unpaired) electrons. The van der Waals surface area contributed by atoms with E-state index in [4.69, 9.17) is 52.1 Å². The van der Waals surface area contributed by atoms with Crippen molar-refractivity contribution >= 4 is 11.9 Å². The van der Waals surface area contributed by atoms with E-state index in [2.05, 4.69) is 0 Å². The van der Waals surface area contributed by atoms with E-state index in [9.17, 15) is 14.7 Å². The Morgan fingerprint density at radius 3 is 2.10 bits per heavy atom. The minimum atomic E-state index is -1.17. The molecule has 230 valence electrons. The van der Waals surface area contributed by atoms with Crippen LogP contribution < -0.4 is 14.2 Å². The van der Waals surface area contributed by atoms with Crippen molar-refractivity contribution in [1.29, 1.82) is 0 Å². The molecule has 0 saturated carbocycles. The molecule has 1 aromatic rings. The fourth-order valence-corrected chi connectivity index (χ4v) is 5.36. The van der Waals surface area contributed by atoms with Crippen LogP contribution >= 0.6 is 0 Å². The Labute approximate surface area is 242 Å². The molecule has 1 aliphatic heterocycles. The molecule has 4 atom stereocenters. The van der Waals surface area contributed by atoms with Gasteiger partial charge in [0.1, 0.15) is 0 Å². The maximum Gasteiger partial charge on any atom is 0.334 e. The molecule has 14 nitrogen and oxygen atoms in total. The van der Waals surface area contributed by atoms with Crippen molar-refractivity contribution in [1.82, 2.24) is 0 Å². The molecule has 0 unspecified atom stereocenters. The van der Waals surface area contributed by atoms with E-state index in [-0.39, 0.29) is 72.8 Å². The minimum Gasteiger partial charge on any atom is -0.504 e. The van der Waals surface area contributed by atoms with E-state index < -0.39 is 35.8 Å². The molecule has 1 aromatic carbocycles. The zero-order valence-corrected chi connectivity index (χ0v) is 24.1. The summed E-state index contributed by atoms with van der Waals surface area (Å²) in [6.45, 7) is -0.753. The molecule has 0 amide bonds. The summed E-state index contributed by atoms with van der Waals surface area (Å²) in [5, 5.41) is 11.5. The van der Waals surface area contributed by atoms with Crippen molar-refractivity contribution in [2.45, 2.75) is 12.0 Å². The molecule has 3 aliphatic rings. The van der Waals surface area contributed by atoms with E-state index in [0.717, 1.165) is 0 Å². The molecule has 14 heteroatoms. The number of aliphatic hydroxyl groups is 1. The van der Waals surface area contributed by atoms with Gasteiger partial charge >= 0.3 is 11.9 Å². The van der Waals surface area contributed by atoms with Gasteiger partial charge in [0.05, 0.1) is 25.7 Å². The lowest BCUT2D eigenvalue weighted by Gasteiger charge is -2.47. The second kappa shape index (κ2) is 13.8. The highest BCUT2D eigenvalue weighted by Gasteiger charge is 2.57. The van der Waals surface area contributed by atoms with Gasteiger partial charge in [0.15, 0.2) is 56.3 Å². The van der Waals surface area contributed by atoms with Gasteiger partial charge in [-0.2, -0.15) is 0 Å². The third-order valence-corrected chi connectivity index (χ3v) is 6.94. The van der Waals surface area contributed by atoms with Crippen molar-refractivity contribution in [2.75, 3.05) is 69.8 Å². The number of hydrogen-bond donors (Lipinski definition) is 1. The number of esters is 2. The highest BCUT2D eigenvalue weighted by molar-refractivity contribution is 5.97. The SMILES string of the molecule is COCOC1=C(OCOC)[C@H]2Oc3c(ccc(OCOC)c3OCOC)[C@H]3[C@H](C(=O)OC)C(C(=O)OC)=CC(=C1O)[C@H]32. The summed E-state index contributed by atoms with van der Waals surface area (Å²) < 4.78 is 60.4. The molecule has 0 bridgehead atoms. The highest BCUT2D eigenvalue weighted by atomic mass is 16.7. The van der Waals surface area contributed by atoms with Gasteiger partial charge in [0.25, 0.3) is 0 Å². The van der Waals surface area contributed by atoms with Crippen LogP contribution in [-0.2, 0) is 47.5 Å². The number of hydrogen-bond acceptors (Lipinski definition) is 14. The molecule has 1 N–H and O–H groups in total. The summed E-state index contributed by atoms with van der Waals surface area (Å²) in [4.78, 5) is 26.5. The number of fused-ring (bicyclic) bond motifs is 2. The van der Waals surface area contributed by atoms with Crippen LogP contribution in [0.2, 0.25) is 0 Å². The first-order valence-corrected chi connectivity index (χ1v) is 12.7. The predicted molar refractivity (Wildman–Crippen MR) is 140 cm³/mol. The number of benzene rings is 1. The third-order valence-electron chi connectivity index (χ3n) is 6.94. The molecular formula is C28H34O14. The Morgan fingerprint density at radius 1 is 0.810 bits per heavy atom. The van der Waals surface area contributed by atoms with Gasteiger partial charge in [-0.3, -0.25) is 4.79 Å². The van der Waals surface area contributed by atoms with E-state index in [0.29, 0.717) is 5.56 Å². The van der Waals surface area contributed by atoms with Crippen LogP contribution in [0.25, 0.3) is 0 Å². The number of methoxy groups -OCH3 is 6. The Hall–Kier alpha value is -3.98. The van der Waals surface area contributed by atoms with Crippen molar-refractivity contribution in [3.8, 4) is 17.2 Å². The molecule has 0 saturated heterocycles. The number of rotatable bonds is 14. The summed E-state index contributed by atoms with van der Waals surface area (Å²) in [6, 6.07) is 3.30. The number of aliphatic hydroxyl groups excluding tert-OH is 1. The summed E-state index contributed by atoms with van der Waals surface area (Å²) in [5.74, 6) is -4.05. The average Bonchev–Trinajstić information content (AvgIpc) is 3.01. The van der Waals surface area contributed by atoms with Crippen LogP contribution in [0.1, 0.15) is 11.5 Å². The molecule has 2 aliphatic carbocycles. The first kappa shape index (κ1) is 31.0. The Bertz CT molecular complexity index is 1270. The topological polar surface area (TPSA) is 156 Å². The first-order chi connectivity index (χ1) is 20.4. The summed E-state index contributed by atoms with van der Waals surface area (Å²) in [5.41, 5.74) is 0.686. The van der Waals surface area contributed by atoms with Crippen LogP contribution in [-0.4, -0.2) is 93.0 Å². The smallest absolute Gasteiger partial charge is 0.334 e.